The molecule has 0 amide bonds. The van der Waals surface area contributed by atoms with Gasteiger partial charge in [0.2, 0.25) is 0 Å². The number of halogens is 1. The third-order valence-electron chi connectivity index (χ3n) is 2.16. The molecule has 0 aliphatic heterocycles. The summed E-state index contributed by atoms with van der Waals surface area (Å²) in [6.45, 7) is 0.511. The topological polar surface area (TPSA) is 52.3 Å². The number of hydrogen-bond acceptors (Lipinski definition) is 3. The molecule has 1 aromatic carbocycles. The van der Waals surface area contributed by atoms with E-state index in [1.165, 1.54) is 7.11 Å². The zero-order chi connectivity index (χ0) is 10.4. The maximum atomic E-state index is 10.9. The zero-order valence-electron chi connectivity index (χ0n) is 8.73. The van der Waals surface area contributed by atoms with Gasteiger partial charge in [-0.1, -0.05) is 24.3 Å². The van der Waals surface area contributed by atoms with Crippen LogP contribution in [0.1, 0.15) is 17.5 Å². The van der Waals surface area contributed by atoms with E-state index in [2.05, 4.69) is 4.74 Å². The number of benzene rings is 1. The van der Waals surface area contributed by atoms with Crippen LogP contribution in [0.4, 0.5) is 0 Å². The number of hydrogen-bond donors (Lipinski definition) is 1. The van der Waals surface area contributed by atoms with Gasteiger partial charge in [0.1, 0.15) is 0 Å². The van der Waals surface area contributed by atoms with Gasteiger partial charge >= 0.3 is 5.97 Å². The molecule has 0 aliphatic rings. The summed E-state index contributed by atoms with van der Waals surface area (Å²) in [7, 11) is 1.40. The Hall–Kier alpha value is -1.06. The molecule has 84 valence electrons. The number of rotatable bonds is 4. The average Bonchev–Trinajstić information content (AvgIpc) is 2.26. The quantitative estimate of drug-likeness (QED) is 0.800. The van der Waals surface area contributed by atoms with Crippen molar-refractivity contribution in [3.63, 3.8) is 0 Å². The molecule has 4 heteroatoms. The number of nitrogens with two attached hydrogens (primary N) is 1. The van der Waals surface area contributed by atoms with E-state index in [0.717, 1.165) is 11.1 Å². The van der Waals surface area contributed by atoms with Crippen LogP contribution in [-0.2, 0) is 22.5 Å². The Morgan fingerprint density at radius 2 is 1.93 bits per heavy atom. The van der Waals surface area contributed by atoms with E-state index in [0.29, 0.717) is 19.4 Å². The molecule has 0 saturated heterocycles. The molecule has 0 aliphatic carbocycles. The molecule has 0 spiro atoms. The van der Waals surface area contributed by atoms with Crippen molar-refractivity contribution >= 4 is 18.4 Å². The Balaban J connectivity index is 0.00000196. The molecule has 1 rings (SSSR count). The Bertz CT molecular complexity index is 315. The lowest BCUT2D eigenvalue weighted by molar-refractivity contribution is -0.140. The minimum Gasteiger partial charge on any atom is -0.469 e. The molecule has 0 radical (unpaired) electrons. The van der Waals surface area contributed by atoms with Gasteiger partial charge in [0.25, 0.3) is 0 Å². The fourth-order valence-electron chi connectivity index (χ4n) is 1.34. The van der Waals surface area contributed by atoms with Gasteiger partial charge in [0.15, 0.2) is 0 Å². The van der Waals surface area contributed by atoms with Gasteiger partial charge in [0, 0.05) is 13.0 Å². The van der Waals surface area contributed by atoms with E-state index in [4.69, 9.17) is 5.73 Å². The average molecular weight is 230 g/mol. The molecule has 15 heavy (non-hydrogen) atoms. The van der Waals surface area contributed by atoms with Crippen molar-refractivity contribution in [2.24, 2.45) is 5.73 Å². The molecule has 1 aromatic rings. The third-order valence-corrected chi connectivity index (χ3v) is 2.16. The van der Waals surface area contributed by atoms with E-state index < -0.39 is 0 Å². The van der Waals surface area contributed by atoms with E-state index in [-0.39, 0.29) is 18.4 Å². The highest BCUT2D eigenvalue weighted by Crippen LogP contribution is 2.10. The van der Waals surface area contributed by atoms with Crippen LogP contribution in [0.15, 0.2) is 24.3 Å². The monoisotopic (exact) mass is 229 g/mol. The van der Waals surface area contributed by atoms with Gasteiger partial charge in [-0.25, -0.2) is 0 Å². The summed E-state index contributed by atoms with van der Waals surface area (Å²) in [6, 6.07) is 7.87. The standard InChI is InChI=1S/C11H15NO2.ClH/c1-14-11(13)7-6-9-4-2-3-5-10(9)8-12;/h2-5H,6-8,12H2,1H3;1H. The Morgan fingerprint density at radius 1 is 1.33 bits per heavy atom. The minimum absolute atomic E-state index is 0. The van der Waals surface area contributed by atoms with E-state index in [1.54, 1.807) is 0 Å². The first-order chi connectivity index (χ1) is 6.77. The first-order valence-corrected chi connectivity index (χ1v) is 4.61. The van der Waals surface area contributed by atoms with Crippen LogP contribution in [-0.4, -0.2) is 13.1 Å². The number of esters is 1. The van der Waals surface area contributed by atoms with Crippen LogP contribution >= 0.6 is 12.4 Å². The Morgan fingerprint density at radius 3 is 2.47 bits per heavy atom. The first kappa shape index (κ1) is 13.9. The summed E-state index contributed by atoms with van der Waals surface area (Å²) in [5.74, 6) is -0.183. The summed E-state index contributed by atoms with van der Waals surface area (Å²) < 4.78 is 4.58. The molecule has 0 atom stereocenters. The SMILES string of the molecule is COC(=O)CCc1ccccc1CN.Cl. The third kappa shape index (κ3) is 4.32. The largest absolute Gasteiger partial charge is 0.469 e. The number of carbonyl (C=O) groups is 1. The van der Waals surface area contributed by atoms with Gasteiger partial charge in [-0.15, -0.1) is 12.4 Å². The summed E-state index contributed by atoms with van der Waals surface area (Å²) in [6.07, 6.45) is 1.10. The van der Waals surface area contributed by atoms with Crippen molar-refractivity contribution in [2.75, 3.05) is 7.11 Å². The molecule has 2 N–H and O–H groups in total. The minimum atomic E-state index is -0.183. The van der Waals surface area contributed by atoms with Gasteiger partial charge in [-0.3, -0.25) is 4.79 Å². The Kier molecular flexibility index (Phi) is 6.75. The molecule has 0 bridgehead atoms. The Labute approximate surface area is 96.0 Å². The first-order valence-electron chi connectivity index (χ1n) is 4.61. The van der Waals surface area contributed by atoms with Crippen LogP contribution < -0.4 is 5.73 Å². The second-order valence-corrected chi connectivity index (χ2v) is 3.05. The number of carbonyl (C=O) groups excluding carboxylic acids is 1. The van der Waals surface area contributed by atoms with Crippen LogP contribution in [0.2, 0.25) is 0 Å². The maximum absolute atomic E-state index is 10.9. The normalized spacial score (nSPS) is 9.20. The fraction of sp³-hybridized carbons (Fsp3) is 0.364. The molecule has 3 nitrogen and oxygen atoms in total. The van der Waals surface area contributed by atoms with Gasteiger partial charge in [-0.2, -0.15) is 0 Å². The number of ether oxygens (including phenoxy) is 1. The summed E-state index contributed by atoms with van der Waals surface area (Å²) in [5, 5.41) is 0. The highest BCUT2D eigenvalue weighted by Gasteiger charge is 2.04. The molecule has 0 heterocycles. The van der Waals surface area contributed by atoms with Crippen molar-refractivity contribution < 1.29 is 9.53 Å². The lowest BCUT2D eigenvalue weighted by atomic mass is 10.0. The van der Waals surface area contributed by atoms with Crippen molar-refractivity contribution in [2.45, 2.75) is 19.4 Å². The second kappa shape index (κ2) is 7.26. The van der Waals surface area contributed by atoms with E-state index in [1.807, 2.05) is 24.3 Å². The highest BCUT2D eigenvalue weighted by atomic mass is 35.5. The van der Waals surface area contributed by atoms with Crippen molar-refractivity contribution in [1.82, 2.24) is 0 Å². The van der Waals surface area contributed by atoms with E-state index >= 15 is 0 Å². The summed E-state index contributed by atoms with van der Waals surface area (Å²) in [5.41, 5.74) is 7.79. The lowest BCUT2D eigenvalue weighted by Gasteiger charge is -2.06. The highest BCUT2D eigenvalue weighted by molar-refractivity contribution is 5.85. The lowest BCUT2D eigenvalue weighted by Crippen LogP contribution is -2.05. The number of methoxy groups -OCH3 is 1. The van der Waals surface area contributed by atoms with Crippen molar-refractivity contribution in [3.8, 4) is 0 Å². The summed E-state index contributed by atoms with van der Waals surface area (Å²) >= 11 is 0. The van der Waals surface area contributed by atoms with E-state index in [9.17, 15) is 4.79 Å². The number of aryl methyl sites for hydroxylation is 1. The smallest absolute Gasteiger partial charge is 0.305 e. The van der Waals surface area contributed by atoms with Crippen LogP contribution in [0.5, 0.6) is 0 Å². The van der Waals surface area contributed by atoms with Crippen LogP contribution in [0.3, 0.4) is 0 Å². The second-order valence-electron chi connectivity index (χ2n) is 3.05. The molecule has 0 saturated carbocycles. The van der Waals surface area contributed by atoms with Gasteiger partial charge in [-0.05, 0) is 17.5 Å². The van der Waals surface area contributed by atoms with Crippen molar-refractivity contribution in [3.05, 3.63) is 35.4 Å². The molecule has 0 unspecified atom stereocenters. The van der Waals surface area contributed by atoms with Crippen molar-refractivity contribution in [1.29, 1.82) is 0 Å². The van der Waals surface area contributed by atoms with Gasteiger partial charge < -0.3 is 10.5 Å². The zero-order valence-corrected chi connectivity index (χ0v) is 9.55. The molecular weight excluding hydrogens is 214 g/mol. The summed E-state index contributed by atoms with van der Waals surface area (Å²) in [4.78, 5) is 10.9. The van der Waals surface area contributed by atoms with Crippen LogP contribution in [0, 0.1) is 0 Å². The predicted octanol–water partition coefficient (Wildman–Crippen LogP) is 1.67. The predicted molar refractivity (Wildman–Crippen MR) is 61.9 cm³/mol. The molecular formula is C11H16ClNO2. The maximum Gasteiger partial charge on any atom is 0.305 e. The van der Waals surface area contributed by atoms with Gasteiger partial charge in [0.05, 0.1) is 7.11 Å². The molecule has 0 fully saturated rings. The van der Waals surface area contributed by atoms with Crippen LogP contribution in [0.25, 0.3) is 0 Å². The molecule has 0 aromatic heterocycles. The fourth-order valence-corrected chi connectivity index (χ4v) is 1.34.